The molecule has 0 radical (unpaired) electrons. The van der Waals surface area contributed by atoms with Gasteiger partial charge < -0.3 is 19.5 Å². The Hall–Kier alpha value is -1.26. The summed E-state index contributed by atoms with van der Waals surface area (Å²) in [6.45, 7) is 2.46. The highest BCUT2D eigenvalue weighted by Gasteiger charge is 2.42. The second kappa shape index (κ2) is 4.44. The van der Waals surface area contributed by atoms with Gasteiger partial charge in [0.1, 0.15) is 0 Å². The molecule has 0 bridgehead atoms. The van der Waals surface area contributed by atoms with Crippen molar-refractivity contribution in [2.24, 2.45) is 5.41 Å². The fourth-order valence-electron chi connectivity index (χ4n) is 2.52. The van der Waals surface area contributed by atoms with Gasteiger partial charge in [0.2, 0.25) is 6.79 Å². The number of hydrogen-bond acceptors (Lipinski definition) is 4. The lowest BCUT2D eigenvalue weighted by atomic mass is 10.1. The van der Waals surface area contributed by atoms with Gasteiger partial charge in [0.25, 0.3) is 0 Å². The van der Waals surface area contributed by atoms with Gasteiger partial charge in [0.05, 0.1) is 0 Å². The summed E-state index contributed by atoms with van der Waals surface area (Å²) in [7, 11) is 2.10. The maximum atomic E-state index is 9.34. The number of rotatable bonds is 5. The first-order valence-corrected chi connectivity index (χ1v) is 6.39. The zero-order chi connectivity index (χ0) is 12.6. The Morgan fingerprint density at radius 3 is 2.78 bits per heavy atom. The van der Waals surface area contributed by atoms with Gasteiger partial charge in [-0.2, -0.15) is 0 Å². The Morgan fingerprint density at radius 1 is 1.28 bits per heavy atom. The molecule has 3 rings (SSSR count). The van der Waals surface area contributed by atoms with Crippen molar-refractivity contribution in [1.82, 2.24) is 4.90 Å². The average molecular weight is 249 g/mol. The molecule has 1 N–H and O–H groups in total. The van der Waals surface area contributed by atoms with E-state index in [1.807, 2.05) is 12.1 Å². The van der Waals surface area contributed by atoms with Crippen LogP contribution in [0.15, 0.2) is 18.2 Å². The summed E-state index contributed by atoms with van der Waals surface area (Å²) >= 11 is 0. The average Bonchev–Trinajstić information content (AvgIpc) is 2.97. The summed E-state index contributed by atoms with van der Waals surface area (Å²) in [5.74, 6) is 1.67. The predicted octanol–water partition coefficient (Wildman–Crippen LogP) is 1.62. The fraction of sp³-hybridized carbons (Fsp3) is 0.571. The first-order chi connectivity index (χ1) is 8.71. The van der Waals surface area contributed by atoms with E-state index in [0.29, 0.717) is 13.4 Å². The second-order valence-electron chi connectivity index (χ2n) is 5.52. The first kappa shape index (κ1) is 11.8. The molecular formula is C14H19NO3. The summed E-state index contributed by atoms with van der Waals surface area (Å²) in [6, 6.07) is 6.07. The molecule has 1 heterocycles. The summed E-state index contributed by atoms with van der Waals surface area (Å²) in [6.07, 6.45) is 2.30. The van der Waals surface area contributed by atoms with Gasteiger partial charge in [0, 0.05) is 25.1 Å². The minimum absolute atomic E-state index is 0.172. The van der Waals surface area contributed by atoms with Crippen LogP contribution < -0.4 is 9.47 Å². The molecule has 0 unspecified atom stereocenters. The van der Waals surface area contributed by atoms with Crippen molar-refractivity contribution in [2.45, 2.75) is 19.4 Å². The van der Waals surface area contributed by atoms with Crippen LogP contribution in [0.1, 0.15) is 18.4 Å². The van der Waals surface area contributed by atoms with E-state index in [2.05, 4.69) is 18.0 Å². The van der Waals surface area contributed by atoms with Crippen LogP contribution in [0.4, 0.5) is 0 Å². The number of nitrogens with zero attached hydrogens (tertiary/aromatic N) is 1. The Bertz CT molecular complexity index is 443. The Kier molecular flexibility index (Phi) is 2.92. The van der Waals surface area contributed by atoms with E-state index in [1.165, 1.54) is 5.56 Å². The molecule has 0 amide bonds. The normalized spacial score (nSPS) is 19.3. The van der Waals surface area contributed by atoms with Crippen molar-refractivity contribution in [3.05, 3.63) is 23.8 Å². The lowest BCUT2D eigenvalue weighted by Crippen LogP contribution is -2.28. The Balaban J connectivity index is 1.62. The van der Waals surface area contributed by atoms with Gasteiger partial charge in [-0.15, -0.1) is 0 Å². The molecular weight excluding hydrogens is 230 g/mol. The minimum atomic E-state index is 0.172. The molecule has 4 nitrogen and oxygen atoms in total. The molecule has 0 aromatic heterocycles. The van der Waals surface area contributed by atoms with E-state index in [9.17, 15) is 5.11 Å². The van der Waals surface area contributed by atoms with Gasteiger partial charge >= 0.3 is 0 Å². The first-order valence-electron chi connectivity index (χ1n) is 6.39. The summed E-state index contributed by atoms with van der Waals surface area (Å²) in [5.41, 5.74) is 1.39. The molecule has 0 spiro atoms. The van der Waals surface area contributed by atoms with E-state index in [-0.39, 0.29) is 5.41 Å². The van der Waals surface area contributed by atoms with Crippen LogP contribution >= 0.6 is 0 Å². The second-order valence-corrected chi connectivity index (χ2v) is 5.52. The summed E-state index contributed by atoms with van der Waals surface area (Å²) in [4.78, 5) is 2.26. The number of ether oxygens (including phenoxy) is 2. The lowest BCUT2D eigenvalue weighted by molar-refractivity contribution is 0.161. The zero-order valence-electron chi connectivity index (χ0n) is 10.7. The van der Waals surface area contributed by atoms with Crippen molar-refractivity contribution in [2.75, 3.05) is 27.0 Å². The standard InChI is InChI=1S/C14H19NO3/c1-15(8-14(9-16)4-5-14)7-11-2-3-12-13(6-11)18-10-17-12/h2-3,6,16H,4-5,7-10H2,1H3. The van der Waals surface area contributed by atoms with Crippen molar-refractivity contribution >= 4 is 0 Å². The highest BCUT2D eigenvalue weighted by molar-refractivity contribution is 5.44. The van der Waals surface area contributed by atoms with Gasteiger partial charge in [-0.3, -0.25) is 0 Å². The maximum absolute atomic E-state index is 9.34. The maximum Gasteiger partial charge on any atom is 0.231 e. The predicted molar refractivity (Wildman–Crippen MR) is 67.7 cm³/mol. The van der Waals surface area contributed by atoms with Crippen molar-refractivity contribution in [1.29, 1.82) is 0 Å². The van der Waals surface area contributed by atoms with Crippen LogP contribution in [0.5, 0.6) is 11.5 Å². The van der Waals surface area contributed by atoms with Gasteiger partial charge in [0.15, 0.2) is 11.5 Å². The molecule has 0 atom stereocenters. The quantitative estimate of drug-likeness (QED) is 0.861. The smallest absolute Gasteiger partial charge is 0.231 e. The van der Waals surface area contributed by atoms with Crippen molar-refractivity contribution < 1.29 is 14.6 Å². The molecule has 1 aliphatic carbocycles. The van der Waals surface area contributed by atoms with Gasteiger partial charge in [-0.25, -0.2) is 0 Å². The van der Waals surface area contributed by atoms with E-state index < -0.39 is 0 Å². The molecule has 0 saturated heterocycles. The molecule has 18 heavy (non-hydrogen) atoms. The number of fused-ring (bicyclic) bond motifs is 1. The summed E-state index contributed by atoms with van der Waals surface area (Å²) in [5, 5.41) is 9.34. The SMILES string of the molecule is CN(Cc1ccc2c(c1)OCO2)CC1(CO)CC1. The molecule has 4 heteroatoms. The number of aliphatic hydroxyl groups is 1. The van der Waals surface area contributed by atoms with Crippen LogP contribution in [-0.2, 0) is 6.54 Å². The third kappa shape index (κ3) is 2.31. The molecule has 1 fully saturated rings. The summed E-state index contributed by atoms with van der Waals surface area (Å²) < 4.78 is 10.7. The van der Waals surface area contributed by atoms with Crippen LogP contribution in [0.3, 0.4) is 0 Å². The van der Waals surface area contributed by atoms with E-state index >= 15 is 0 Å². The van der Waals surface area contributed by atoms with E-state index in [4.69, 9.17) is 9.47 Å². The van der Waals surface area contributed by atoms with Crippen molar-refractivity contribution in [3.63, 3.8) is 0 Å². The van der Waals surface area contributed by atoms with Crippen LogP contribution in [0, 0.1) is 5.41 Å². The number of aliphatic hydroxyl groups excluding tert-OH is 1. The number of benzene rings is 1. The number of hydrogen-bond donors (Lipinski definition) is 1. The zero-order valence-corrected chi connectivity index (χ0v) is 10.7. The Labute approximate surface area is 107 Å². The molecule has 1 aliphatic heterocycles. The molecule has 98 valence electrons. The monoisotopic (exact) mass is 249 g/mol. The van der Waals surface area contributed by atoms with Crippen molar-refractivity contribution in [3.8, 4) is 11.5 Å². The minimum Gasteiger partial charge on any atom is -0.454 e. The topological polar surface area (TPSA) is 41.9 Å². The molecule has 1 saturated carbocycles. The largest absolute Gasteiger partial charge is 0.454 e. The van der Waals surface area contributed by atoms with Crippen LogP contribution in [0.25, 0.3) is 0 Å². The molecule has 2 aliphatic rings. The van der Waals surface area contributed by atoms with E-state index in [0.717, 1.165) is 37.4 Å². The fourth-order valence-corrected chi connectivity index (χ4v) is 2.52. The molecule has 1 aromatic rings. The van der Waals surface area contributed by atoms with E-state index in [1.54, 1.807) is 0 Å². The van der Waals surface area contributed by atoms with Gasteiger partial charge in [-0.1, -0.05) is 6.07 Å². The third-order valence-corrected chi connectivity index (χ3v) is 3.79. The Morgan fingerprint density at radius 2 is 2.06 bits per heavy atom. The highest BCUT2D eigenvalue weighted by atomic mass is 16.7. The highest BCUT2D eigenvalue weighted by Crippen LogP contribution is 2.45. The van der Waals surface area contributed by atoms with Crippen LogP contribution in [-0.4, -0.2) is 37.0 Å². The molecule has 1 aromatic carbocycles. The van der Waals surface area contributed by atoms with Gasteiger partial charge in [-0.05, 0) is 37.6 Å². The van der Waals surface area contributed by atoms with Crippen LogP contribution in [0.2, 0.25) is 0 Å². The third-order valence-electron chi connectivity index (χ3n) is 3.79. The lowest BCUT2D eigenvalue weighted by Gasteiger charge is -2.22.